The van der Waals surface area contributed by atoms with E-state index in [0.29, 0.717) is 18.8 Å². The highest BCUT2D eigenvalue weighted by Crippen LogP contribution is 2.36. The lowest BCUT2D eigenvalue weighted by atomic mass is 9.87. The predicted molar refractivity (Wildman–Crippen MR) is 102 cm³/mol. The van der Waals surface area contributed by atoms with Crippen LogP contribution in [0, 0.1) is 0 Å². The van der Waals surface area contributed by atoms with Crippen molar-refractivity contribution in [1.29, 1.82) is 0 Å². The van der Waals surface area contributed by atoms with Crippen molar-refractivity contribution in [3.05, 3.63) is 41.6 Å². The second-order valence-corrected chi connectivity index (χ2v) is 7.09. The Morgan fingerprint density at radius 2 is 2.15 bits per heavy atom. The van der Waals surface area contributed by atoms with Crippen LogP contribution in [0.1, 0.15) is 36.3 Å². The maximum Gasteiger partial charge on any atom is 0.226 e. The molecule has 7 nitrogen and oxygen atoms in total. The van der Waals surface area contributed by atoms with Crippen LogP contribution in [0.5, 0.6) is 5.75 Å². The van der Waals surface area contributed by atoms with Crippen molar-refractivity contribution < 1.29 is 14.3 Å². The second-order valence-electron chi connectivity index (χ2n) is 7.09. The van der Waals surface area contributed by atoms with E-state index >= 15 is 0 Å². The van der Waals surface area contributed by atoms with Crippen LogP contribution in [0.15, 0.2) is 30.5 Å². The Bertz CT molecular complexity index is 770. The van der Waals surface area contributed by atoms with Gasteiger partial charge in [0.2, 0.25) is 5.91 Å². The predicted octanol–water partition coefficient (Wildman–Crippen LogP) is 2.37. The van der Waals surface area contributed by atoms with Crippen molar-refractivity contribution in [3.63, 3.8) is 0 Å². The number of carbonyl (C=O) groups excluding carboxylic acids is 1. The fourth-order valence-corrected chi connectivity index (χ4v) is 3.72. The van der Waals surface area contributed by atoms with Crippen LogP contribution in [0.3, 0.4) is 0 Å². The first-order valence-corrected chi connectivity index (χ1v) is 9.65. The molecule has 2 N–H and O–H groups in total. The van der Waals surface area contributed by atoms with Gasteiger partial charge in [-0.25, -0.2) is 0 Å². The van der Waals surface area contributed by atoms with E-state index in [1.165, 1.54) is 0 Å². The molecule has 144 valence electrons. The van der Waals surface area contributed by atoms with Crippen LogP contribution in [-0.2, 0) is 9.53 Å². The monoisotopic (exact) mass is 370 g/mol. The van der Waals surface area contributed by atoms with Gasteiger partial charge in [-0.3, -0.25) is 14.8 Å². The zero-order valence-corrected chi connectivity index (χ0v) is 15.4. The van der Waals surface area contributed by atoms with Crippen LogP contribution in [0.4, 0.5) is 5.82 Å². The van der Waals surface area contributed by atoms with E-state index in [1.807, 2.05) is 24.3 Å². The molecule has 3 heterocycles. The number of H-pyrrole nitrogens is 1. The normalized spacial score (nSPS) is 20.1. The first kappa shape index (κ1) is 18.0. The third-order valence-corrected chi connectivity index (χ3v) is 5.20. The zero-order chi connectivity index (χ0) is 18.5. The molecule has 4 rings (SSSR count). The van der Waals surface area contributed by atoms with Crippen LogP contribution < -0.4 is 10.1 Å². The molecule has 0 spiro atoms. The summed E-state index contributed by atoms with van der Waals surface area (Å²) >= 11 is 0. The Morgan fingerprint density at radius 3 is 3.04 bits per heavy atom. The number of aromatic nitrogens is 2. The minimum absolute atomic E-state index is 0.00573. The third-order valence-electron chi connectivity index (χ3n) is 5.20. The number of benzene rings is 1. The minimum atomic E-state index is 0.00573. The fourth-order valence-electron chi connectivity index (χ4n) is 3.72. The molecule has 0 radical (unpaired) electrons. The number of hydrogen-bond donors (Lipinski definition) is 2. The molecule has 1 aromatic carbocycles. The van der Waals surface area contributed by atoms with Gasteiger partial charge in [-0.15, -0.1) is 0 Å². The molecule has 0 unspecified atom stereocenters. The number of aromatic amines is 1. The SMILES string of the molecule is O=C1C[C@H](c2cccc(OCCCCN3CCOCC3)c2)c2cn[nH]c2N1. The molecule has 1 saturated heterocycles. The smallest absolute Gasteiger partial charge is 0.226 e. The van der Waals surface area contributed by atoms with Gasteiger partial charge < -0.3 is 14.8 Å². The summed E-state index contributed by atoms with van der Waals surface area (Å²) in [5.74, 6) is 1.57. The Balaban J connectivity index is 1.30. The van der Waals surface area contributed by atoms with Crippen LogP contribution in [0.2, 0.25) is 0 Å². The van der Waals surface area contributed by atoms with Gasteiger partial charge in [0.25, 0.3) is 0 Å². The number of fused-ring (bicyclic) bond motifs is 1. The van der Waals surface area contributed by atoms with E-state index in [-0.39, 0.29) is 11.8 Å². The summed E-state index contributed by atoms with van der Waals surface area (Å²) in [6, 6.07) is 8.06. The molecule has 7 heteroatoms. The molecule has 2 aliphatic rings. The summed E-state index contributed by atoms with van der Waals surface area (Å²) in [6.45, 7) is 5.58. The van der Waals surface area contributed by atoms with E-state index < -0.39 is 0 Å². The van der Waals surface area contributed by atoms with Crippen molar-refractivity contribution in [2.45, 2.75) is 25.2 Å². The third kappa shape index (κ3) is 4.48. The lowest BCUT2D eigenvalue weighted by molar-refractivity contribution is -0.116. The molecule has 1 fully saturated rings. The molecular formula is C20H26N4O3. The lowest BCUT2D eigenvalue weighted by Crippen LogP contribution is -2.36. The summed E-state index contributed by atoms with van der Waals surface area (Å²) in [4.78, 5) is 14.4. The van der Waals surface area contributed by atoms with E-state index in [1.54, 1.807) is 6.20 Å². The van der Waals surface area contributed by atoms with Gasteiger partial charge in [0.15, 0.2) is 0 Å². The number of nitrogens with one attached hydrogen (secondary N) is 2. The van der Waals surface area contributed by atoms with Gasteiger partial charge in [-0.05, 0) is 37.1 Å². The summed E-state index contributed by atoms with van der Waals surface area (Å²) in [5, 5.41) is 9.74. The number of nitrogens with zero attached hydrogens (tertiary/aromatic N) is 2. The summed E-state index contributed by atoms with van der Waals surface area (Å²) in [5.41, 5.74) is 2.11. The van der Waals surface area contributed by atoms with Crippen molar-refractivity contribution in [3.8, 4) is 5.75 Å². The van der Waals surface area contributed by atoms with E-state index in [9.17, 15) is 4.79 Å². The average molecular weight is 370 g/mol. The van der Waals surface area contributed by atoms with Gasteiger partial charge in [0.05, 0.1) is 26.0 Å². The highest BCUT2D eigenvalue weighted by atomic mass is 16.5. The number of rotatable bonds is 7. The first-order chi connectivity index (χ1) is 13.3. The Labute approximate surface area is 159 Å². The van der Waals surface area contributed by atoms with Crippen LogP contribution >= 0.6 is 0 Å². The molecule has 1 aromatic heterocycles. The van der Waals surface area contributed by atoms with E-state index in [4.69, 9.17) is 9.47 Å². The molecule has 0 aliphatic carbocycles. The molecule has 0 saturated carbocycles. The zero-order valence-electron chi connectivity index (χ0n) is 15.4. The highest BCUT2D eigenvalue weighted by Gasteiger charge is 2.28. The van der Waals surface area contributed by atoms with Gasteiger partial charge in [0, 0.05) is 31.0 Å². The van der Waals surface area contributed by atoms with Gasteiger partial charge in [0.1, 0.15) is 11.6 Å². The number of unbranched alkanes of at least 4 members (excludes halogenated alkanes) is 1. The van der Waals surface area contributed by atoms with E-state index in [0.717, 1.165) is 62.6 Å². The standard InChI is InChI=1S/C20H26N4O3/c25-19-13-17(18-14-21-23-20(18)22-19)15-4-3-5-16(12-15)27-9-2-1-6-24-7-10-26-11-8-24/h3-5,12,14,17H,1-2,6-11,13H2,(H2,21,22,23,25)/t17-/m1/s1. The van der Waals surface area contributed by atoms with Gasteiger partial charge in [-0.2, -0.15) is 5.10 Å². The van der Waals surface area contributed by atoms with Crippen LogP contribution in [0.25, 0.3) is 0 Å². The van der Waals surface area contributed by atoms with Gasteiger partial charge >= 0.3 is 0 Å². The molecule has 27 heavy (non-hydrogen) atoms. The minimum Gasteiger partial charge on any atom is -0.494 e. The van der Waals surface area contributed by atoms with Gasteiger partial charge in [-0.1, -0.05) is 12.1 Å². The van der Waals surface area contributed by atoms with Crippen LogP contribution in [-0.4, -0.2) is 60.5 Å². The molecule has 2 aromatic rings. The highest BCUT2D eigenvalue weighted by molar-refractivity contribution is 5.94. The average Bonchev–Trinajstić information content (AvgIpc) is 3.16. The summed E-state index contributed by atoms with van der Waals surface area (Å²) in [7, 11) is 0. The Hall–Kier alpha value is -2.38. The summed E-state index contributed by atoms with van der Waals surface area (Å²) in [6.07, 6.45) is 4.37. The Morgan fingerprint density at radius 1 is 1.26 bits per heavy atom. The number of anilines is 1. The van der Waals surface area contributed by atoms with Crippen molar-refractivity contribution >= 4 is 11.7 Å². The van der Waals surface area contributed by atoms with Crippen molar-refractivity contribution in [2.24, 2.45) is 0 Å². The molecule has 0 bridgehead atoms. The fraction of sp³-hybridized carbons (Fsp3) is 0.500. The molecule has 1 atom stereocenters. The van der Waals surface area contributed by atoms with Crippen molar-refractivity contribution in [1.82, 2.24) is 15.1 Å². The summed E-state index contributed by atoms with van der Waals surface area (Å²) < 4.78 is 11.3. The topological polar surface area (TPSA) is 79.5 Å². The van der Waals surface area contributed by atoms with Crippen molar-refractivity contribution in [2.75, 3.05) is 44.8 Å². The maximum atomic E-state index is 12.0. The number of ether oxygens (including phenoxy) is 2. The maximum absolute atomic E-state index is 12.0. The largest absolute Gasteiger partial charge is 0.494 e. The number of carbonyl (C=O) groups is 1. The molecular weight excluding hydrogens is 344 g/mol. The lowest BCUT2D eigenvalue weighted by Gasteiger charge is -2.26. The van der Waals surface area contributed by atoms with E-state index in [2.05, 4.69) is 20.4 Å². The molecule has 2 aliphatic heterocycles. The number of morpholine rings is 1. The number of hydrogen-bond acceptors (Lipinski definition) is 5. The number of amides is 1. The second kappa shape index (κ2) is 8.54. The Kier molecular flexibility index (Phi) is 5.69. The molecule has 1 amide bonds. The first-order valence-electron chi connectivity index (χ1n) is 9.65. The quantitative estimate of drug-likeness (QED) is 0.732.